The molecule has 2 rings (SSSR count). The van der Waals surface area contributed by atoms with Gasteiger partial charge < -0.3 is 15.0 Å². The molecule has 1 unspecified atom stereocenters. The van der Waals surface area contributed by atoms with Gasteiger partial charge in [-0.25, -0.2) is 0 Å². The number of aromatic nitrogens is 1. The third-order valence-electron chi connectivity index (χ3n) is 3.42. The van der Waals surface area contributed by atoms with E-state index >= 15 is 0 Å². The Bertz CT molecular complexity index is 565. The minimum atomic E-state index is 0.251. The van der Waals surface area contributed by atoms with Gasteiger partial charge in [0.15, 0.2) is 0 Å². The van der Waals surface area contributed by atoms with Gasteiger partial charge in [-0.05, 0) is 58.1 Å². The quantitative estimate of drug-likeness (QED) is 0.875. The Morgan fingerprint density at radius 3 is 2.75 bits per heavy atom. The molecule has 2 aromatic rings. The maximum atomic E-state index is 5.99. The molecule has 0 spiro atoms. The van der Waals surface area contributed by atoms with Crippen LogP contribution in [0.2, 0.25) is 0 Å². The van der Waals surface area contributed by atoms with E-state index in [0.29, 0.717) is 0 Å². The summed E-state index contributed by atoms with van der Waals surface area (Å²) >= 11 is 3.52. The molecule has 20 heavy (non-hydrogen) atoms. The van der Waals surface area contributed by atoms with Crippen molar-refractivity contribution < 1.29 is 4.74 Å². The highest BCUT2D eigenvalue weighted by Crippen LogP contribution is 2.25. The van der Waals surface area contributed by atoms with E-state index in [9.17, 15) is 0 Å². The lowest BCUT2D eigenvalue weighted by Crippen LogP contribution is -2.21. The molecule has 4 heteroatoms. The van der Waals surface area contributed by atoms with Crippen molar-refractivity contribution in [3.05, 3.63) is 52.3 Å². The molecule has 2 N–H and O–H groups in total. The standard InChI is InChI=1S/C16H21BrN2O/c1-3-14(18)8-13-6-7-19(11-13)10-12-4-5-16(20-2)15(17)9-12/h4-7,9,11,14H,3,8,10,18H2,1-2H3. The van der Waals surface area contributed by atoms with Gasteiger partial charge in [0.1, 0.15) is 5.75 Å². The second-order valence-corrected chi connectivity index (χ2v) is 5.89. The van der Waals surface area contributed by atoms with Crippen molar-refractivity contribution >= 4 is 15.9 Å². The number of benzene rings is 1. The van der Waals surface area contributed by atoms with Crippen LogP contribution in [0.25, 0.3) is 0 Å². The Kier molecular flexibility index (Phi) is 5.26. The second kappa shape index (κ2) is 6.95. The zero-order valence-electron chi connectivity index (χ0n) is 12.0. The van der Waals surface area contributed by atoms with Crippen molar-refractivity contribution in [2.45, 2.75) is 32.4 Å². The molecule has 0 bridgehead atoms. The summed E-state index contributed by atoms with van der Waals surface area (Å²) in [6, 6.07) is 8.56. The van der Waals surface area contributed by atoms with Crippen molar-refractivity contribution in [1.29, 1.82) is 0 Å². The number of nitrogens with two attached hydrogens (primary N) is 1. The molecule has 0 saturated carbocycles. The Labute approximate surface area is 128 Å². The molecule has 1 atom stereocenters. The van der Waals surface area contributed by atoms with Crippen LogP contribution in [-0.2, 0) is 13.0 Å². The first-order chi connectivity index (χ1) is 9.62. The van der Waals surface area contributed by atoms with Crippen molar-refractivity contribution in [3.63, 3.8) is 0 Å². The predicted octanol–water partition coefficient (Wildman–Crippen LogP) is 3.59. The first-order valence-electron chi connectivity index (χ1n) is 6.85. The van der Waals surface area contributed by atoms with E-state index < -0.39 is 0 Å². The van der Waals surface area contributed by atoms with Crippen LogP contribution in [0, 0.1) is 0 Å². The van der Waals surface area contributed by atoms with E-state index in [4.69, 9.17) is 10.5 Å². The molecule has 1 heterocycles. The van der Waals surface area contributed by atoms with Gasteiger partial charge in [-0.3, -0.25) is 0 Å². The van der Waals surface area contributed by atoms with Crippen LogP contribution in [0.1, 0.15) is 24.5 Å². The lowest BCUT2D eigenvalue weighted by Gasteiger charge is -2.08. The topological polar surface area (TPSA) is 40.2 Å². The molecular weight excluding hydrogens is 316 g/mol. The maximum Gasteiger partial charge on any atom is 0.133 e. The molecule has 1 aromatic heterocycles. The molecule has 0 radical (unpaired) electrons. The number of hydrogen-bond acceptors (Lipinski definition) is 2. The van der Waals surface area contributed by atoms with Crippen molar-refractivity contribution in [1.82, 2.24) is 4.57 Å². The first-order valence-corrected chi connectivity index (χ1v) is 7.64. The fraction of sp³-hybridized carbons (Fsp3) is 0.375. The Hall–Kier alpha value is -1.26. The molecule has 0 aliphatic rings. The lowest BCUT2D eigenvalue weighted by molar-refractivity contribution is 0.412. The summed E-state index contributed by atoms with van der Waals surface area (Å²) in [4.78, 5) is 0. The summed E-state index contributed by atoms with van der Waals surface area (Å²) in [5, 5.41) is 0. The van der Waals surface area contributed by atoms with Gasteiger partial charge in [0, 0.05) is 25.0 Å². The SMILES string of the molecule is CCC(N)Cc1ccn(Cc2ccc(OC)c(Br)c2)c1. The second-order valence-electron chi connectivity index (χ2n) is 5.03. The summed E-state index contributed by atoms with van der Waals surface area (Å²) in [7, 11) is 1.68. The maximum absolute atomic E-state index is 5.99. The molecule has 0 aliphatic carbocycles. The summed E-state index contributed by atoms with van der Waals surface area (Å²) in [5.74, 6) is 0.857. The van der Waals surface area contributed by atoms with E-state index in [2.05, 4.69) is 58.0 Å². The highest BCUT2D eigenvalue weighted by molar-refractivity contribution is 9.10. The van der Waals surface area contributed by atoms with Crippen LogP contribution in [0.4, 0.5) is 0 Å². The van der Waals surface area contributed by atoms with E-state index in [0.717, 1.165) is 29.6 Å². The fourth-order valence-corrected chi connectivity index (χ4v) is 2.76. The van der Waals surface area contributed by atoms with Crippen LogP contribution in [-0.4, -0.2) is 17.7 Å². The van der Waals surface area contributed by atoms with Crippen molar-refractivity contribution in [2.24, 2.45) is 5.73 Å². The molecule has 0 amide bonds. The van der Waals surface area contributed by atoms with E-state index in [1.54, 1.807) is 7.11 Å². The van der Waals surface area contributed by atoms with Crippen LogP contribution in [0.5, 0.6) is 5.75 Å². The number of methoxy groups -OCH3 is 1. The molecule has 1 aromatic carbocycles. The monoisotopic (exact) mass is 336 g/mol. The van der Waals surface area contributed by atoms with Gasteiger partial charge in [-0.15, -0.1) is 0 Å². The average Bonchev–Trinajstić information content (AvgIpc) is 2.86. The molecule has 0 aliphatic heterocycles. The van der Waals surface area contributed by atoms with Crippen LogP contribution >= 0.6 is 15.9 Å². The van der Waals surface area contributed by atoms with Crippen molar-refractivity contribution in [2.75, 3.05) is 7.11 Å². The third-order valence-corrected chi connectivity index (χ3v) is 4.04. The van der Waals surface area contributed by atoms with Gasteiger partial charge in [-0.2, -0.15) is 0 Å². The molecule has 3 nitrogen and oxygen atoms in total. The largest absolute Gasteiger partial charge is 0.496 e. The zero-order chi connectivity index (χ0) is 14.5. The van der Waals surface area contributed by atoms with E-state index in [-0.39, 0.29) is 6.04 Å². The van der Waals surface area contributed by atoms with Crippen LogP contribution in [0.3, 0.4) is 0 Å². The minimum Gasteiger partial charge on any atom is -0.496 e. The minimum absolute atomic E-state index is 0.251. The zero-order valence-corrected chi connectivity index (χ0v) is 13.6. The number of nitrogens with zero attached hydrogens (tertiary/aromatic N) is 1. The normalized spacial score (nSPS) is 12.4. The van der Waals surface area contributed by atoms with Crippen molar-refractivity contribution in [3.8, 4) is 5.75 Å². The molecule has 0 saturated heterocycles. The average molecular weight is 337 g/mol. The van der Waals surface area contributed by atoms with E-state index in [1.807, 2.05) is 6.07 Å². The lowest BCUT2D eigenvalue weighted by atomic mass is 10.1. The summed E-state index contributed by atoms with van der Waals surface area (Å²) < 4.78 is 8.41. The molecule has 0 fully saturated rings. The Morgan fingerprint density at radius 1 is 1.30 bits per heavy atom. The van der Waals surface area contributed by atoms with E-state index in [1.165, 1.54) is 11.1 Å². The Balaban J connectivity index is 2.05. The van der Waals surface area contributed by atoms with Gasteiger partial charge in [-0.1, -0.05) is 13.0 Å². The smallest absolute Gasteiger partial charge is 0.133 e. The van der Waals surface area contributed by atoms with Gasteiger partial charge >= 0.3 is 0 Å². The molecular formula is C16H21BrN2O. The summed E-state index contributed by atoms with van der Waals surface area (Å²) in [6.45, 7) is 2.97. The predicted molar refractivity (Wildman–Crippen MR) is 86.2 cm³/mol. The third kappa shape index (κ3) is 3.87. The fourth-order valence-electron chi connectivity index (χ4n) is 2.18. The Morgan fingerprint density at radius 2 is 2.10 bits per heavy atom. The van der Waals surface area contributed by atoms with Gasteiger partial charge in [0.05, 0.1) is 11.6 Å². The highest BCUT2D eigenvalue weighted by atomic mass is 79.9. The number of halogens is 1. The number of rotatable bonds is 6. The first kappa shape index (κ1) is 15.1. The summed E-state index contributed by atoms with van der Waals surface area (Å²) in [5.41, 5.74) is 8.52. The van der Waals surface area contributed by atoms with Crippen LogP contribution in [0.15, 0.2) is 41.1 Å². The van der Waals surface area contributed by atoms with Crippen LogP contribution < -0.4 is 10.5 Å². The van der Waals surface area contributed by atoms with Gasteiger partial charge in [0.25, 0.3) is 0 Å². The molecule has 108 valence electrons. The van der Waals surface area contributed by atoms with Gasteiger partial charge in [0.2, 0.25) is 0 Å². The number of hydrogen-bond donors (Lipinski definition) is 1. The summed E-state index contributed by atoms with van der Waals surface area (Å²) in [6.07, 6.45) is 6.23. The highest BCUT2D eigenvalue weighted by Gasteiger charge is 2.05. The number of ether oxygens (including phenoxy) is 1.